The van der Waals surface area contributed by atoms with E-state index in [1.165, 1.54) is 11.1 Å². The Hall–Kier alpha value is -0.580. The standard InChI is InChI=1S/C14H20BrNO2/c1-16-13(4-5-17-2)9-11-8-12(15)7-10-3-6-18-14(10)11/h7-8,13,16H,3-6,9H2,1-2H3. The molecule has 0 spiro atoms. The van der Waals surface area contributed by atoms with E-state index in [0.717, 1.165) is 42.7 Å². The first-order valence-corrected chi connectivity index (χ1v) is 7.14. The lowest BCUT2D eigenvalue weighted by atomic mass is 10.00. The van der Waals surface area contributed by atoms with Crippen LogP contribution in [0.3, 0.4) is 0 Å². The average molecular weight is 314 g/mol. The zero-order valence-corrected chi connectivity index (χ0v) is 12.5. The number of methoxy groups -OCH3 is 1. The molecule has 1 N–H and O–H groups in total. The van der Waals surface area contributed by atoms with Crippen molar-refractivity contribution in [3.63, 3.8) is 0 Å². The predicted octanol–water partition coefficient (Wildman–Crippen LogP) is 2.55. The molecule has 2 rings (SSSR count). The van der Waals surface area contributed by atoms with E-state index in [1.54, 1.807) is 7.11 Å². The van der Waals surface area contributed by atoms with Crippen molar-refractivity contribution < 1.29 is 9.47 Å². The van der Waals surface area contributed by atoms with Crippen molar-refractivity contribution in [1.82, 2.24) is 5.32 Å². The van der Waals surface area contributed by atoms with E-state index in [-0.39, 0.29) is 0 Å². The Morgan fingerprint density at radius 3 is 3.06 bits per heavy atom. The number of hydrogen-bond acceptors (Lipinski definition) is 3. The molecule has 4 heteroatoms. The summed E-state index contributed by atoms with van der Waals surface area (Å²) in [4.78, 5) is 0. The van der Waals surface area contributed by atoms with Crippen LogP contribution < -0.4 is 10.1 Å². The summed E-state index contributed by atoms with van der Waals surface area (Å²) in [5, 5.41) is 3.35. The van der Waals surface area contributed by atoms with Gasteiger partial charge in [-0.3, -0.25) is 0 Å². The third-order valence-corrected chi connectivity index (χ3v) is 3.83. The Kier molecular flexibility index (Phi) is 5.03. The summed E-state index contributed by atoms with van der Waals surface area (Å²) in [6.07, 6.45) is 3.00. The lowest BCUT2D eigenvalue weighted by molar-refractivity contribution is 0.183. The minimum Gasteiger partial charge on any atom is -0.493 e. The normalized spacial score (nSPS) is 15.3. The van der Waals surface area contributed by atoms with Gasteiger partial charge in [0.25, 0.3) is 0 Å². The summed E-state index contributed by atoms with van der Waals surface area (Å²) in [6.45, 7) is 1.59. The molecule has 0 radical (unpaired) electrons. The van der Waals surface area contributed by atoms with Gasteiger partial charge in [0.05, 0.1) is 6.61 Å². The summed E-state index contributed by atoms with van der Waals surface area (Å²) < 4.78 is 12.0. The first kappa shape index (κ1) is 13.8. The fraction of sp³-hybridized carbons (Fsp3) is 0.571. The first-order valence-electron chi connectivity index (χ1n) is 6.35. The molecule has 0 bridgehead atoms. The first-order chi connectivity index (χ1) is 8.74. The minimum absolute atomic E-state index is 0.424. The highest BCUT2D eigenvalue weighted by Crippen LogP contribution is 2.33. The smallest absolute Gasteiger partial charge is 0.125 e. The number of nitrogens with one attached hydrogen (secondary N) is 1. The molecule has 0 amide bonds. The monoisotopic (exact) mass is 313 g/mol. The zero-order chi connectivity index (χ0) is 13.0. The fourth-order valence-electron chi connectivity index (χ4n) is 2.37. The average Bonchev–Trinajstić information content (AvgIpc) is 2.82. The van der Waals surface area contributed by atoms with Crippen LogP contribution in [-0.2, 0) is 17.6 Å². The van der Waals surface area contributed by atoms with E-state index in [4.69, 9.17) is 9.47 Å². The second-order valence-electron chi connectivity index (χ2n) is 4.62. The van der Waals surface area contributed by atoms with Gasteiger partial charge >= 0.3 is 0 Å². The van der Waals surface area contributed by atoms with Crippen LogP contribution in [0.25, 0.3) is 0 Å². The van der Waals surface area contributed by atoms with Gasteiger partial charge in [-0.2, -0.15) is 0 Å². The van der Waals surface area contributed by atoms with Crippen LogP contribution in [-0.4, -0.2) is 33.4 Å². The number of rotatable bonds is 6. The number of hydrogen-bond donors (Lipinski definition) is 1. The van der Waals surface area contributed by atoms with Crippen LogP contribution in [0.4, 0.5) is 0 Å². The zero-order valence-electron chi connectivity index (χ0n) is 11.0. The van der Waals surface area contributed by atoms with Gasteiger partial charge in [0.2, 0.25) is 0 Å². The molecule has 1 aliphatic heterocycles. The van der Waals surface area contributed by atoms with Crippen molar-refractivity contribution in [2.24, 2.45) is 0 Å². The van der Waals surface area contributed by atoms with Crippen molar-refractivity contribution in [1.29, 1.82) is 0 Å². The van der Waals surface area contributed by atoms with E-state index in [1.807, 2.05) is 7.05 Å². The van der Waals surface area contributed by atoms with Gasteiger partial charge in [-0.15, -0.1) is 0 Å². The molecule has 1 aliphatic rings. The third kappa shape index (κ3) is 3.25. The van der Waals surface area contributed by atoms with Gasteiger partial charge in [0, 0.05) is 30.7 Å². The molecular weight excluding hydrogens is 294 g/mol. The summed E-state index contributed by atoms with van der Waals surface area (Å²) in [7, 11) is 3.74. The second-order valence-corrected chi connectivity index (χ2v) is 5.54. The molecule has 0 saturated carbocycles. The Morgan fingerprint density at radius 2 is 2.33 bits per heavy atom. The van der Waals surface area contributed by atoms with E-state index >= 15 is 0 Å². The van der Waals surface area contributed by atoms with Crippen LogP contribution in [0.15, 0.2) is 16.6 Å². The maximum absolute atomic E-state index is 5.75. The SMILES string of the molecule is CNC(CCOC)Cc1cc(Br)cc2c1OCC2. The van der Waals surface area contributed by atoms with E-state index in [9.17, 15) is 0 Å². The number of likely N-dealkylation sites (N-methyl/N-ethyl adjacent to an activating group) is 1. The predicted molar refractivity (Wildman–Crippen MR) is 76.4 cm³/mol. The number of fused-ring (bicyclic) bond motifs is 1. The lowest BCUT2D eigenvalue weighted by Gasteiger charge is -2.17. The number of benzene rings is 1. The Labute approximate surface area is 117 Å². The van der Waals surface area contributed by atoms with E-state index < -0.39 is 0 Å². The molecule has 1 aromatic rings. The Bertz CT molecular complexity index is 409. The number of halogens is 1. The molecule has 1 unspecified atom stereocenters. The van der Waals surface area contributed by atoms with Crippen LogP contribution >= 0.6 is 15.9 Å². The summed E-state index contributed by atoms with van der Waals surface area (Å²) >= 11 is 3.58. The van der Waals surface area contributed by atoms with Crippen LogP contribution in [0.1, 0.15) is 17.5 Å². The van der Waals surface area contributed by atoms with Gasteiger partial charge in [0.1, 0.15) is 5.75 Å². The maximum Gasteiger partial charge on any atom is 0.125 e. The lowest BCUT2D eigenvalue weighted by Crippen LogP contribution is -2.29. The van der Waals surface area contributed by atoms with Crippen LogP contribution in [0, 0.1) is 0 Å². The van der Waals surface area contributed by atoms with Crippen molar-refractivity contribution >= 4 is 15.9 Å². The molecule has 100 valence electrons. The second kappa shape index (κ2) is 6.55. The molecule has 0 fully saturated rings. The Morgan fingerprint density at radius 1 is 1.50 bits per heavy atom. The largest absolute Gasteiger partial charge is 0.493 e. The topological polar surface area (TPSA) is 30.5 Å². The highest BCUT2D eigenvalue weighted by Gasteiger charge is 2.19. The van der Waals surface area contributed by atoms with Gasteiger partial charge in [-0.1, -0.05) is 15.9 Å². The summed E-state index contributed by atoms with van der Waals surface area (Å²) in [5.74, 6) is 1.09. The molecule has 18 heavy (non-hydrogen) atoms. The molecule has 1 atom stereocenters. The van der Waals surface area contributed by atoms with Crippen molar-refractivity contribution in [3.8, 4) is 5.75 Å². The summed E-state index contributed by atoms with van der Waals surface area (Å²) in [6, 6.07) is 4.75. The van der Waals surface area contributed by atoms with Gasteiger partial charge < -0.3 is 14.8 Å². The number of ether oxygens (including phenoxy) is 2. The van der Waals surface area contributed by atoms with Crippen LogP contribution in [0.5, 0.6) is 5.75 Å². The molecule has 0 saturated heterocycles. The molecule has 1 heterocycles. The van der Waals surface area contributed by atoms with Gasteiger partial charge in [0.15, 0.2) is 0 Å². The third-order valence-electron chi connectivity index (χ3n) is 3.37. The molecule has 1 aromatic carbocycles. The molecular formula is C14H20BrNO2. The molecule has 0 aromatic heterocycles. The highest BCUT2D eigenvalue weighted by atomic mass is 79.9. The van der Waals surface area contributed by atoms with E-state index in [2.05, 4.69) is 33.4 Å². The quantitative estimate of drug-likeness (QED) is 0.875. The Balaban J connectivity index is 2.12. The molecule has 3 nitrogen and oxygen atoms in total. The highest BCUT2D eigenvalue weighted by molar-refractivity contribution is 9.10. The summed E-state index contributed by atoms with van der Waals surface area (Å²) in [5.41, 5.74) is 2.60. The van der Waals surface area contributed by atoms with Crippen molar-refractivity contribution in [2.45, 2.75) is 25.3 Å². The van der Waals surface area contributed by atoms with E-state index in [0.29, 0.717) is 6.04 Å². The van der Waals surface area contributed by atoms with Gasteiger partial charge in [-0.25, -0.2) is 0 Å². The van der Waals surface area contributed by atoms with Crippen molar-refractivity contribution in [3.05, 3.63) is 27.7 Å². The van der Waals surface area contributed by atoms with Crippen molar-refractivity contribution in [2.75, 3.05) is 27.4 Å². The fourth-order valence-corrected chi connectivity index (χ4v) is 2.92. The van der Waals surface area contributed by atoms with Gasteiger partial charge in [-0.05, 0) is 43.1 Å². The maximum atomic E-state index is 5.75. The minimum atomic E-state index is 0.424. The molecule has 0 aliphatic carbocycles. The van der Waals surface area contributed by atoms with Crippen LogP contribution in [0.2, 0.25) is 0 Å².